The lowest BCUT2D eigenvalue weighted by Crippen LogP contribution is -2.11. The van der Waals surface area contributed by atoms with Gasteiger partial charge in [-0.05, 0) is 47.9 Å². The van der Waals surface area contributed by atoms with Crippen molar-refractivity contribution in [2.45, 2.75) is 13.3 Å². The highest BCUT2D eigenvalue weighted by molar-refractivity contribution is 9.10. The summed E-state index contributed by atoms with van der Waals surface area (Å²) in [6.07, 6.45) is 3.83. The molecule has 0 aliphatic carbocycles. The zero-order valence-electron chi connectivity index (χ0n) is 18.5. The molecule has 33 heavy (non-hydrogen) atoms. The second kappa shape index (κ2) is 11.8. The van der Waals surface area contributed by atoms with Gasteiger partial charge in [0, 0.05) is 28.1 Å². The average molecular weight is 530 g/mol. The summed E-state index contributed by atoms with van der Waals surface area (Å²) in [6, 6.07) is 15.0. The van der Waals surface area contributed by atoms with Crippen LogP contribution in [0.1, 0.15) is 27.7 Å². The van der Waals surface area contributed by atoms with Crippen LogP contribution in [-0.2, 0) is 20.7 Å². The fraction of sp³-hybridized carbons (Fsp3) is 0.200. The van der Waals surface area contributed by atoms with E-state index in [-0.39, 0.29) is 12.7 Å². The van der Waals surface area contributed by atoms with Gasteiger partial charge in [-0.1, -0.05) is 47.1 Å². The largest absolute Gasteiger partial charge is 0.468 e. The maximum absolute atomic E-state index is 12.7. The van der Waals surface area contributed by atoms with Gasteiger partial charge in [0.25, 0.3) is 0 Å². The molecule has 0 aliphatic heterocycles. The minimum absolute atomic E-state index is 0.170. The maximum atomic E-state index is 12.7. The first-order valence-corrected chi connectivity index (χ1v) is 11.8. The van der Waals surface area contributed by atoms with E-state index in [2.05, 4.69) is 21.2 Å². The van der Waals surface area contributed by atoms with E-state index >= 15 is 0 Å². The zero-order chi connectivity index (χ0) is 23.8. The van der Waals surface area contributed by atoms with Crippen LogP contribution >= 0.6 is 27.3 Å². The number of carbonyl (C=O) groups excluding carboxylic acids is 2. The summed E-state index contributed by atoms with van der Waals surface area (Å²) in [7, 11) is 2.89. The molecule has 1 heterocycles. The predicted octanol–water partition coefficient (Wildman–Crippen LogP) is 6.16. The number of carbonyl (C=O) groups is 2. The second-order valence-corrected chi connectivity index (χ2v) is 8.92. The highest BCUT2D eigenvalue weighted by Gasteiger charge is 2.25. The molecule has 1 aromatic heterocycles. The molecule has 0 saturated heterocycles. The van der Waals surface area contributed by atoms with Crippen LogP contribution in [0.4, 0.5) is 5.00 Å². The minimum atomic E-state index is -0.491. The number of esters is 1. The smallest absolute Gasteiger partial charge is 0.341 e. The number of aryl methyl sites for hydroxylation is 1. The molecule has 172 valence electrons. The van der Waals surface area contributed by atoms with Crippen molar-refractivity contribution in [3.8, 4) is 16.9 Å². The van der Waals surface area contributed by atoms with Gasteiger partial charge in [-0.3, -0.25) is 4.79 Å². The van der Waals surface area contributed by atoms with Crippen LogP contribution in [0, 0.1) is 0 Å². The summed E-state index contributed by atoms with van der Waals surface area (Å²) < 4.78 is 16.2. The molecule has 2 aromatic carbocycles. The van der Waals surface area contributed by atoms with Crippen molar-refractivity contribution in [2.24, 2.45) is 0 Å². The molecule has 1 amide bonds. The highest BCUT2D eigenvalue weighted by Crippen LogP contribution is 2.41. The number of thiophene rings is 1. The number of halogens is 1. The van der Waals surface area contributed by atoms with Crippen LogP contribution in [0.3, 0.4) is 0 Å². The summed E-state index contributed by atoms with van der Waals surface area (Å²) in [5.41, 5.74) is 2.87. The van der Waals surface area contributed by atoms with E-state index in [1.165, 1.54) is 24.5 Å². The SMILES string of the molecule is CCc1sc(NC(=O)/C=C/c2ccc(OCOC)cc2)c(C(=O)OC)c1-c1ccc(Br)cc1. The molecule has 6 nitrogen and oxygen atoms in total. The van der Waals surface area contributed by atoms with E-state index in [0.717, 1.165) is 26.0 Å². The van der Waals surface area contributed by atoms with Crippen molar-refractivity contribution in [3.05, 3.63) is 75.1 Å². The first-order chi connectivity index (χ1) is 16.0. The van der Waals surface area contributed by atoms with Crippen LogP contribution in [0.15, 0.2) is 59.1 Å². The lowest BCUT2D eigenvalue weighted by atomic mass is 10.00. The number of amides is 1. The molecule has 8 heteroatoms. The molecule has 3 aromatic rings. The highest BCUT2D eigenvalue weighted by atomic mass is 79.9. The molecule has 0 unspecified atom stereocenters. The Kier molecular flexibility index (Phi) is 8.82. The number of ether oxygens (including phenoxy) is 3. The number of hydrogen-bond acceptors (Lipinski definition) is 6. The van der Waals surface area contributed by atoms with Crippen molar-refractivity contribution in [1.29, 1.82) is 0 Å². The fourth-order valence-corrected chi connectivity index (χ4v) is 4.58. The standard InChI is InChI=1S/C25H24BrNO5S/c1-4-20-22(17-8-10-18(26)11-9-17)23(25(29)31-3)24(33-20)27-21(28)14-7-16-5-12-19(13-6-16)32-15-30-2/h5-14H,4,15H2,1-3H3,(H,27,28)/b14-7+. The summed E-state index contributed by atoms with van der Waals surface area (Å²) >= 11 is 4.82. The quantitative estimate of drug-likeness (QED) is 0.204. The van der Waals surface area contributed by atoms with Crippen LogP contribution in [0.2, 0.25) is 0 Å². The van der Waals surface area contributed by atoms with Gasteiger partial charge in [0.1, 0.15) is 16.3 Å². The number of methoxy groups -OCH3 is 2. The van der Waals surface area contributed by atoms with Crippen LogP contribution < -0.4 is 10.1 Å². The number of hydrogen-bond donors (Lipinski definition) is 1. The Morgan fingerprint density at radius 2 is 1.76 bits per heavy atom. The molecule has 0 spiro atoms. The Morgan fingerprint density at radius 1 is 1.06 bits per heavy atom. The Hall–Kier alpha value is -2.94. The number of benzene rings is 2. The summed E-state index contributed by atoms with van der Waals surface area (Å²) in [6.45, 7) is 2.18. The number of nitrogens with one attached hydrogen (secondary N) is 1. The van der Waals surface area contributed by atoms with Gasteiger partial charge >= 0.3 is 5.97 Å². The fourth-order valence-electron chi connectivity index (χ4n) is 3.16. The summed E-state index contributed by atoms with van der Waals surface area (Å²) in [5.74, 6) is -0.159. The Bertz CT molecular complexity index is 1140. The van der Waals surface area contributed by atoms with Gasteiger partial charge in [0.05, 0.1) is 7.11 Å². The van der Waals surface area contributed by atoms with Gasteiger partial charge in [-0.25, -0.2) is 4.79 Å². The van der Waals surface area contributed by atoms with Crippen molar-refractivity contribution in [2.75, 3.05) is 26.3 Å². The van der Waals surface area contributed by atoms with Crippen molar-refractivity contribution in [1.82, 2.24) is 0 Å². The third kappa shape index (κ3) is 6.31. The van der Waals surface area contributed by atoms with Crippen LogP contribution in [-0.4, -0.2) is 32.9 Å². The van der Waals surface area contributed by atoms with Gasteiger partial charge in [-0.2, -0.15) is 0 Å². The molecular formula is C25H24BrNO5S. The molecule has 3 rings (SSSR count). The Morgan fingerprint density at radius 3 is 2.36 bits per heavy atom. The Balaban J connectivity index is 1.85. The maximum Gasteiger partial charge on any atom is 0.341 e. The third-order valence-electron chi connectivity index (χ3n) is 4.71. The number of rotatable bonds is 9. The van der Waals surface area contributed by atoms with E-state index in [4.69, 9.17) is 14.2 Å². The van der Waals surface area contributed by atoms with E-state index in [1.54, 1.807) is 25.3 Å². The molecular weight excluding hydrogens is 506 g/mol. The topological polar surface area (TPSA) is 73.9 Å². The second-order valence-electron chi connectivity index (χ2n) is 6.90. The van der Waals surface area contributed by atoms with Gasteiger partial charge in [0.15, 0.2) is 6.79 Å². The molecule has 0 atom stereocenters. The molecule has 0 saturated carbocycles. The van der Waals surface area contributed by atoms with E-state index in [9.17, 15) is 9.59 Å². The minimum Gasteiger partial charge on any atom is -0.468 e. The monoisotopic (exact) mass is 529 g/mol. The molecule has 0 fully saturated rings. The van der Waals surface area contributed by atoms with Crippen molar-refractivity contribution >= 4 is 50.2 Å². The average Bonchev–Trinajstić information content (AvgIpc) is 3.20. The first kappa shape index (κ1) is 24.7. The lowest BCUT2D eigenvalue weighted by molar-refractivity contribution is -0.111. The van der Waals surface area contributed by atoms with Gasteiger partial charge in [-0.15, -0.1) is 11.3 Å². The zero-order valence-corrected chi connectivity index (χ0v) is 20.9. The normalized spacial score (nSPS) is 10.9. The van der Waals surface area contributed by atoms with E-state index in [1.807, 2.05) is 43.3 Å². The number of anilines is 1. The first-order valence-electron chi connectivity index (χ1n) is 10.2. The van der Waals surface area contributed by atoms with Crippen molar-refractivity contribution < 1.29 is 23.8 Å². The molecule has 0 bridgehead atoms. The summed E-state index contributed by atoms with van der Waals surface area (Å²) in [4.78, 5) is 26.3. The van der Waals surface area contributed by atoms with Crippen LogP contribution in [0.5, 0.6) is 5.75 Å². The summed E-state index contributed by atoms with van der Waals surface area (Å²) in [5, 5.41) is 3.32. The predicted molar refractivity (Wildman–Crippen MR) is 135 cm³/mol. The third-order valence-corrected chi connectivity index (χ3v) is 6.49. The molecule has 0 radical (unpaired) electrons. The van der Waals surface area contributed by atoms with Crippen molar-refractivity contribution in [3.63, 3.8) is 0 Å². The Labute approximate surface area is 205 Å². The van der Waals surface area contributed by atoms with E-state index in [0.29, 0.717) is 22.7 Å². The van der Waals surface area contributed by atoms with Gasteiger partial charge < -0.3 is 19.5 Å². The van der Waals surface area contributed by atoms with Crippen LogP contribution in [0.25, 0.3) is 17.2 Å². The molecule has 0 aliphatic rings. The lowest BCUT2D eigenvalue weighted by Gasteiger charge is -2.08. The molecule has 1 N–H and O–H groups in total. The van der Waals surface area contributed by atoms with E-state index < -0.39 is 5.97 Å². The van der Waals surface area contributed by atoms with Gasteiger partial charge in [0.2, 0.25) is 5.91 Å².